The van der Waals surface area contributed by atoms with Gasteiger partial charge in [-0.25, -0.2) is 18.7 Å². The molecule has 1 amide bonds. The Morgan fingerprint density at radius 2 is 1.87 bits per heavy atom. The summed E-state index contributed by atoms with van der Waals surface area (Å²) in [5.74, 6) is -0.891. The lowest BCUT2D eigenvalue weighted by atomic mass is 10.2. The Balaban J connectivity index is 2.76. The SMILES string of the molecule is C=CNC(=O)C(N=C(C=C)c1cc2cc(F)ccc2n1C(=O)OC(C)(C)C)=C(C)C. The average molecular weight is 411 g/mol. The van der Waals surface area contributed by atoms with Crippen molar-refractivity contribution in [1.29, 1.82) is 0 Å². The molecule has 0 bridgehead atoms. The average Bonchev–Trinajstić information content (AvgIpc) is 2.99. The summed E-state index contributed by atoms with van der Waals surface area (Å²) in [4.78, 5) is 29.8. The first-order valence-electron chi connectivity index (χ1n) is 9.33. The maximum Gasteiger partial charge on any atom is 0.419 e. The molecule has 0 unspecified atom stereocenters. The summed E-state index contributed by atoms with van der Waals surface area (Å²) in [7, 11) is 0. The number of fused-ring (bicyclic) bond motifs is 1. The number of benzene rings is 1. The predicted molar refractivity (Wildman–Crippen MR) is 117 cm³/mol. The van der Waals surface area contributed by atoms with Crippen LogP contribution in [0.4, 0.5) is 9.18 Å². The van der Waals surface area contributed by atoms with E-state index in [1.54, 1.807) is 40.7 Å². The Hall–Kier alpha value is -3.48. The van der Waals surface area contributed by atoms with Crippen molar-refractivity contribution in [2.24, 2.45) is 4.99 Å². The van der Waals surface area contributed by atoms with Crippen LogP contribution in [0.1, 0.15) is 40.3 Å². The Morgan fingerprint density at radius 1 is 1.20 bits per heavy atom. The van der Waals surface area contributed by atoms with Gasteiger partial charge in [0.2, 0.25) is 0 Å². The van der Waals surface area contributed by atoms with Gasteiger partial charge < -0.3 is 10.1 Å². The van der Waals surface area contributed by atoms with E-state index >= 15 is 0 Å². The molecule has 1 N–H and O–H groups in total. The number of carbonyl (C=O) groups excluding carboxylic acids is 2. The predicted octanol–water partition coefficient (Wildman–Crippen LogP) is 5.09. The molecule has 1 aromatic carbocycles. The molecule has 0 aliphatic heterocycles. The first-order chi connectivity index (χ1) is 14.0. The van der Waals surface area contributed by atoms with Gasteiger partial charge in [0.05, 0.1) is 16.9 Å². The van der Waals surface area contributed by atoms with Gasteiger partial charge in [-0.2, -0.15) is 0 Å². The summed E-state index contributed by atoms with van der Waals surface area (Å²) >= 11 is 0. The van der Waals surface area contributed by atoms with E-state index in [4.69, 9.17) is 4.74 Å². The second-order valence-corrected chi connectivity index (χ2v) is 7.78. The van der Waals surface area contributed by atoms with Crippen LogP contribution in [0.3, 0.4) is 0 Å². The van der Waals surface area contributed by atoms with Crippen molar-refractivity contribution in [1.82, 2.24) is 9.88 Å². The lowest BCUT2D eigenvalue weighted by Crippen LogP contribution is -2.29. The molecule has 0 aliphatic rings. The molecule has 0 fully saturated rings. The molecule has 6 nitrogen and oxygen atoms in total. The summed E-state index contributed by atoms with van der Waals surface area (Å²) in [6.07, 6.45) is 2.03. The van der Waals surface area contributed by atoms with Gasteiger partial charge in [-0.3, -0.25) is 4.79 Å². The van der Waals surface area contributed by atoms with E-state index in [1.807, 2.05) is 0 Å². The molecule has 0 saturated heterocycles. The maximum atomic E-state index is 13.8. The van der Waals surface area contributed by atoms with Gasteiger partial charge in [-0.05, 0) is 76.7 Å². The Morgan fingerprint density at radius 3 is 2.40 bits per heavy atom. The molecule has 0 aliphatic carbocycles. The fraction of sp³-hybridized carbons (Fsp3) is 0.261. The van der Waals surface area contributed by atoms with Crippen molar-refractivity contribution in [3.05, 3.63) is 72.5 Å². The largest absolute Gasteiger partial charge is 0.443 e. The van der Waals surface area contributed by atoms with E-state index < -0.39 is 23.4 Å². The smallest absolute Gasteiger partial charge is 0.419 e. The third-order valence-electron chi connectivity index (χ3n) is 3.95. The molecular formula is C23H26FN3O3. The lowest BCUT2D eigenvalue weighted by molar-refractivity contribution is -0.116. The zero-order valence-electron chi connectivity index (χ0n) is 17.9. The second kappa shape index (κ2) is 8.90. The van der Waals surface area contributed by atoms with E-state index in [2.05, 4.69) is 23.5 Å². The van der Waals surface area contributed by atoms with Gasteiger partial charge in [0, 0.05) is 5.39 Å². The van der Waals surface area contributed by atoms with Crippen LogP contribution >= 0.6 is 0 Å². The van der Waals surface area contributed by atoms with E-state index in [-0.39, 0.29) is 11.4 Å². The molecular weight excluding hydrogens is 385 g/mol. The van der Waals surface area contributed by atoms with Gasteiger partial charge in [-0.1, -0.05) is 13.2 Å². The van der Waals surface area contributed by atoms with Crippen molar-refractivity contribution in [3.63, 3.8) is 0 Å². The van der Waals surface area contributed by atoms with Crippen LogP contribution in [-0.2, 0) is 9.53 Å². The van der Waals surface area contributed by atoms with Crippen molar-refractivity contribution >= 4 is 28.6 Å². The van der Waals surface area contributed by atoms with Crippen LogP contribution in [0.25, 0.3) is 10.9 Å². The monoisotopic (exact) mass is 411 g/mol. The highest BCUT2D eigenvalue weighted by atomic mass is 19.1. The van der Waals surface area contributed by atoms with E-state index in [1.165, 1.54) is 35.0 Å². The van der Waals surface area contributed by atoms with E-state index in [0.717, 1.165) is 0 Å². The van der Waals surface area contributed by atoms with Crippen molar-refractivity contribution in [2.45, 2.75) is 40.2 Å². The highest BCUT2D eigenvalue weighted by Gasteiger charge is 2.24. The van der Waals surface area contributed by atoms with Crippen molar-refractivity contribution in [2.75, 3.05) is 0 Å². The highest BCUT2D eigenvalue weighted by molar-refractivity contribution is 6.14. The molecule has 30 heavy (non-hydrogen) atoms. The molecule has 158 valence electrons. The zero-order valence-corrected chi connectivity index (χ0v) is 17.9. The topological polar surface area (TPSA) is 72.7 Å². The van der Waals surface area contributed by atoms with Crippen LogP contribution in [0.5, 0.6) is 0 Å². The Bertz CT molecular complexity index is 1080. The molecule has 0 saturated carbocycles. The number of carbonyl (C=O) groups is 2. The zero-order chi connectivity index (χ0) is 22.6. The first-order valence-corrected chi connectivity index (χ1v) is 9.33. The van der Waals surface area contributed by atoms with Gasteiger partial charge in [0.25, 0.3) is 5.91 Å². The minimum atomic E-state index is -0.745. The fourth-order valence-electron chi connectivity index (χ4n) is 2.76. The number of nitrogens with one attached hydrogen (secondary N) is 1. The third-order valence-corrected chi connectivity index (χ3v) is 3.95. The lowest BCUT2D eigenvalue weighted by Gasteiger charge is -2.21. The van der Waals surface area contributed by atoms with Crippen LogP contribution in [-0.4, -0.2) is 27.9 Å². The summed E-state index contributed by atoms with van der Waals surface area (Å²) in [5.41, 5.74) is 1.09. The molecule has 0 spiro atoms. The number of aromatic nitrogens is 1. The molecule has 1 aromatic heterocycles. The highest BCUT2D eigenvalue weighted by Crippen LogP contribution is 2.24. The van der Waals surface area contributed by atoms with Crippen molar-refractivity contribution in [3.8, 4) is 0 Å². The van der Waals surface area contributed by atoms with Crippen LogP contribution < -0.4 is 5.32 Å². The number of ether oxygens (including phenoxy) is 1. The summed E-state index contributed by atoms with van der Waals surface area (Å²) in [5, 5.41) is 2.97. The number of hydrogen-bond acceptors (Lipinski definition) is 4. The standard InChI is InChI=1S/C23H26FN3O3/c1-8-17(26-20(14(3)4)21(28)25-9-2)19-13-15-12-16(24)10-11-18(15)27(19)22(29)30-23(5,6)7/h8-13H,1-2H2,3-7H3,(H,25,28). The van der Waals surface area contributed by atoms with Gasteiger partial charge in [-0.15, -0.1) is 0 Å². The molecule has 2 aromatic rings. The Labute approximate surface area is 175 Å². The molecule has 7 heteroatoms. The number of hydrogen-bond donors (Lipinski definition) is 1. The number of allylic oxidation sites excluding steroid dienone is 2. The summed E-state index contributed by atoms with van der Waals surface area (Å²) < 4.78 is 20.6. The van der Waals surface area contributed by atoms with Crippen molar-refractivity contribution < 1.29 is 18.7 Å². The number of aliphatic imine (C=N–C) groups is 1. The van der Waals surface area contributed by atoms with Gasteiger partial charge >= 0.3 is 6.09 Å². The van der Waals surface area contributed by atoms with Gasteiger partial charge in [0.15, 0.2) is 0 Å². The van der Waals surface area contributed by atoms with Crippen LogP contribution in [0.15, 0.2) is 66.0 Å². The summed E-state index contributed by atoms with van der Waals surface area (Å²) in [6, 6.07) is 5.67. The Kier molecular flexibility index (Phi) is 6.77. The van der Waals surface area contributed by atoms with E-state index in [0.29, 0.717) is 22.2 Å². The second-order valence-electron chi connectivity index (χ2n) is 7.78. The molecule has 1 heterocycles. The molecule has 0 radical (unpaired) electrons. The molecule has 0 atom stereocenters. The quantitative estimate of drug-likeness (QED) is 0.550. The number of nitrogens with zero attached hydrogens (tertiary/aromatic N) is 2. The number of rotatable bonds is 5. The van der Waals surface area contributed by atoms with Gasteiger partial charge in [0.1, 0.15) is 17.1 Å². The minimum absolute atomic E-state index is 0.150. The normalized spacial score (nSPS) is 11.7. The van der Waals surface area contributed by atoms with E-state index in [9.17, 15) is 14.0 Å². The maximum absolute atomic E-state index is 13.8. The summed E-state index contributed by atoms with van der Waals surface area (Å²) in [6.45, 7) is 16.0. The first kappa shape index (κ1) is 22.8. The fourth-order valence-corrected chi connectivity index (χ4v) is 2.76. The number of halogens is 1. The third kappa shape index (κ3) is 5.11. The van der Waals surface area contributed by atoms with Crippen LogP contribution in [0.2, 0.25) is 0 Å². The number of amides is 1. The van der Waals surface area contributed by atoms with Crippen LogP contribution in [0, 0.1) is 5.82 Å². The molecule has 2 rings (SSSR count). The minimum Gasteiger partial charge on any atom is -0.443 e.